The van der Waals surface area contributed by atoms with Gasteiger partial charge in [0.25, 0.3) is 0 Å². The zero-order valence-corrected chi connectivity index (χ0v) is 41.3. The van der Waals surface area contributed by atoms with E-state index in [-0.39, 0.29) is 0 Å². The van der Waals surface area contributed by atoms with Crippen molar-refractivity contribution < 1.29 is 0 Å². The molecular formula is C70H50N2Si. The van der Waals surface area contributed by atoms with Gasteiger partial charge < -0.3 is 0 Å². The van der Waals surface area contributed by atoms with Crippen LogP contribution in [0.1, 0.15) is 0 Å². The van der Waals surface area contributed by atoms with Gasteiger partial charge in [0.1, 0.15) is 0 Å². The lowest BCUT2D eigenvalue weighted by Crippen LogP contribution is -2.74. The molecule has 0 aliphatic rings. The number of aromatic nitrogens is 2. The highest BCUT2D eigenvalue weighted by atomic mass is 28.3. The summed E-state index contributed by atoms with van der Waals surface area (Å²) in [5, 5.41) is 5.31. The number of nitrogens with zero attached hydrogens (tertiary/aromatic N) is 2. The highest BCUT2D eigenvalue weighted by molar-refractivity contribution is 7.19. The molecule has 0 radical (unpaired) electrons. The fraction of sp³-hybridized carbons (Fsp3) is 0. The van der Waals surface area contributed by atoms with Gasteiger partial charge in [-0.15, -0.1) is 0 Å². The van der Waals surface area contributed by atoms with Gasteiger partial charge in [0.05, 0.1) is 11.4 Å². The summed E-state index contributed by atoms with van der Waals surface area (Å²) in [6.45, 7) is 0. The van der Waals surface area contributed by atoms with Crippen molar-refractivity contribution in [1.29, 1.82) is 0 Å². The van der Waals surface area contributed by atoms with Crippen molar-refractivity contribution in [2.75, 3.05) is 0 Å². The summed E-state index contributed by atoms with van der Waals surface area (Å²) in [4.78, 5) is 11.0. The van der Waals surface area contributed by atoms with Gasteiger partial charge in [-0.2, -0.15) is 0 Å². The van der Waals surface area contributed by atoms with E-state index in [1.807, 2.05) is 0 Å². The van der Waals surface area contributed by atoms with Crippen LogP contribution >= 0.6 is 0 Å². The summed E-state index contributed by atoms with van der Waals surface area (Å²) in [6.07, 6.45) is 0. The normalized spacial score (nSPS) is 11.3. The molecule has 2 nitrogen and oxygen atoms in total. The lowest BCUT2D eigenvalue weighted by molar-refractivity contribution is 1.18. The van der Waals surface area contributed by atoms with Gasteiger partial charge in [0.2, 0.25) is 0 Å². The minimum Gasteiger partial charge on any atom is -0.228 e. The molecular weight excluding hydrogens is 897 g/mol. The topological polar surface area (TPSA) is 25.8 Å². The van der Waals surface area contributed by atoms with Crippen molar-refractivity contribution in [3.8, 4) is 89.5 Å². The molecule has 0 bridgehead atoms. The molecule has 0 fully saturated rings. The van der Waals surface area contributed by atoms with Crippen LogP contribution in [0.3, 0.4) is 0 Å². The zero-order chi connectivity index (χ0) is 48.8. The predicted molar refractivity (Wildman–Crippen MR) is 309 cm³/mol. The quantitative estimate of drug-likeness (QED) is 0.0901. The Hall–Kier alpha value is -9.28. The summed E-state index contributed by atoms with van der Waals surface area (Å²) in [5.74, 6) is 0.663. The van der Waals surface area contributed by atoms with Crippen molar-refractivity contribution in [2.45, 2.75) is 0 Å². The maximum Gasteiger partial charge on any atom is 0.179 e. The summed E-state index contributed by atoms with van der Waals surface area (Å²) < 4.78 is 0. The Labute approximate surface area is 429 Å². The second-order valence-corrected chi connectivity index (χ2v) is 22.3. The Bertz CT molecular complexity index is 3580. The van der Waals surface area contributed by atoms with Crippen LogP contribution in [0.15, 0.2) is 303 Å². The number of benzene rings is 11. The minimum absolute atomic E-state index is 0.663. The van der Waals surface area contributed by atoms with Crippen LogP contribution in [0.4, 0.5) is 0 Å². The Morgan fingerprint density at radius 2 is 0.548 bits per heavy atom. The average molecular weight is 947 g/mol. The first-order valence-electron chi connectivity index (χ1n) is 25.0. The van der Waals surface area contributed by atoms with Gasteiger partial charge in [-0.3, -0.25) is 0 Å². The highest BCUT2D eigenvalue weighted by Gasteiger charge is 2.41. The first-order valence-corrected chi connectivity index (χ1v) is 27.0. The van der Waals surface area contributed by atoms with Gasteiger partial charge in [-0.05, 0) is 94.6 Å². The first kappa shape index (κ1) is 44.9. The number of rotatable bonds is 12. The molecule has 0 spiro atoms. The minimum atomic E-state index is -2.88. The third kappa shape index (κ3) is 8.95. The summed E-state index contributed by atoms with van der Waals surface area (Å²) in [5.41, 5.74) is 16.0. The van der Waals surface area contributed by atoms with E-state index in [9.17, 15) is 0 Å². The molecule has 0 saturated heterocycles. The van der Waals surface area contributed by atoms with Gasteiger partial charge in [-0.25, -0.2) is 9.97 Å². The maximum absolute atomic E-state index is 5.59. The monoisotopic (exact) mass is 946 g/mol. The van der Waals surface area contributed by atoms with E-state index in [1.54, 1.807) is 0 Å². The molecule has 1 heterocycles. The van der Waals surface area contributed by atoms with Crippen molar-refractivity contribution in [3.63, 3.8) is 0 Å². The van der Waals surface area contributed by atoms with Crippen LogP contribution < -0.4 is 20.7 Å². The van der Waals surface area contributed by atoms with Crippen LogP contribution in [0.2, 0.25) is 0 Å². The molecule has 12 aromatic rings. The third-order valence-electron chi connectivity index (χ3n) is 14.1. The standard InChI is InChI=1S/C70H50N2Si/c1-8-23-51(24-9-1)54-39-43-56(44-40-54)67-50-68(72-70(71-67)58-45-41-55(42-46-58)52-25-10-2-11-26-52)66-49-60(53-27-12-3-13-28-53)48-65(69(66)57-29-14-4-15-30-57)59-31-22-38-64(47-59)73(61-32-16-5-17-33-61,62-34-18-6-19-35-62)63-36-20-7-21-37-63/h1-50H. The Kier molecular flexibility index (Phi) is 12.4. The molecule has 3 heteroatoms. The largest absolute Gasteiger partial charge is 0.228 e. The molecule has 344 valence electrons. The molecule has 0 N–H and O–H groups in total. The lowest BCUT2D eigenvalue weighted by Gasteiger charge is -2.34. The van der Waals surface area contributed by atoms with Crippen molar-refractivity contribution >= 4 is 28.8 Å². The molecule has 0 aliphatic heterocycles. The Balaban J connectivity index is 1.12. The van der Waals surface area contributed by atoms with E-state index in [2.05, 4.69) is 303 Å². The van der Waals surface area contributed by atoms with Crippen LogP contribution in [0, 0.1) is 0 Å². The smallest absolute Gasteiger partial charge is 0.179 e. The van der Waals surface area contributed by atoms with E-state index >= 15 is 0 Å². The molecule has 73 heavy (non-hydrogen) atoms. The molecule has 0 amide bonds. The van der Waals surface area contributed by atoms with E-state index in [4.69, 9.17) is 9.97 Å². The molecule has 0 atom stereocenters. The second kappa shape index (κ2) is 20.2. The van der Waals surface area contributed by atoms with E-state index in [1.165, 1.54) is 31.9 Å². The Morgan fingerprint density at radius 3 is 1.03 bits per heavy atom. The predicted octanol–water partition coefficient (Wildman–Crippen LogP) is 15.2. The van der Waals surface area contributed by atoms with Crippen LogP contribution in [0.25, 0.3) is 89.5 Å². The van der Waals surface area contributed by atoms with Crippen LogP contribution in [-0.2, 0) is 0 Å². The fourth-order valence-corrected chi connectivity index (χ4v) is 15.3. The fourth-order valence-electron chi connectivity index (χ4n) is 10.5. The van der Waals surface area contributed by atoms with Gasteiger partial charge in [-0.1, -0.05) is 285 Å². The molecule has 0 aliphatic carbocycles. The molecule has 12 rings (SSSR count). The van der Waals surface area contributed by atoms with Crippen molar-refractivity contribution in [3.05, 3.63) is 303 Å². The number of hydrogen-bond donors (Lipinski definition) is 0. The lowest BCUT2D eigenvalue weighted by atomic mass is 9.85. The summed E-state index contributed by atoms with van der Waals surface area (Å²) in [6, 6.07) is 110. The van der Waals surface area contributed by atoms with E-state index in [0.29, 0.717) is 5.82 Å². The average Bonchev–Trinajstić information content (AvgIpc) is 3.49. The Morgan fingerprint density at radius 1 is 0.205 bits per heavy atom. The third-order valence-corrected chi connectivity index (χ3v) is 18.9. The van der Waals surface area contributed by atoms with Gasteiger partial charge >= 0.3 is 0 Å². The summed E-state index contributed by atoms with van der Waals surface area (Å²) in [7, 11) is -2.88. The zero-order valence-electron chi connectivity index (χ0n) is 40.3. The maximum atomic E-state index is 5.59. The van der Waals surface area contributed by atoms with E-state index < -0.39 is 8.07 Å². The molecule has 11 aromatic carbocycles. The molecule has 0 unspecified atom stereocenters. The SMILES string of the molecule is c1ccc(-c2ccc(-c3cc(-c4cc(-c5ccccc5)cc(-c5cccc([Si](c6ccccc6)(c6ccccc6)c6ccccc6)c5)c4-c4ccccc4)nc(-c4ccc(-c5ccccc5)cc4)n3)cc2)cc1. The van der Waals surface area contributed by atoms with Crippen LogP contribution in [0.5, 0.6) is 0 Å². The van der Waals surface area contributed by atoms with Crippen molar-refractivity contribution in [2.24, 2.45) is 0 Å². The second-order valence-electron chi connectivity index (χ2n) is 18.5. The first-order chi connectivity index (χ1) is 36.2. The summed E-state index contributed by atoms with van der Waals surface area (Å²) >= 11 is 0. The van der Waals surface area contributed by atoms with Crippen molar-refractivity contribution in [1.82, 2.24) is 9.97 Å². The highest BCUT2D eigenvalue weighted by Crippen LogP contribution is 2.44. The van der Waals surface area contributed by atoms with Gasteiger partial charge in [0.15, 0.2) is 13.9 Å². The van der Waals surface area contributed by atoms with Crippen LogP contribution in [-0.4, -0.2) is 18.0 Å². The molecule has 0 saturated carbocycles. The number of hydrogen-bond acceptors (Lipinski definition) is 2. The van der Waals surface area contributed by atoms with Gasteiger partial charge in [0, 0.05) is 16.7 Å². The molecule has 1 aromatic heterocycles. The van der Waals surface area contributed by atoms with E-state index in [0.717, 1.165) is 72.6 Å².